The van der Waals surface area contributed by atoms with E-state index in [9.17, 15) is 20.0 Å². The summed E-state index contributed by atoms with van der Waals surface area (Å²) in [4.78, 5) is 22.4. The smallest absolute Gasteiger partial charge is 0.282 e. The maximum atomic E-state index is 12.1. The zero-order chi connectivity index (χ0) is 14.7. The second kappa shape index (κ2) is 5.90. The van der Waals surface area contributed by atoms with Crippen LogP contribution in [-0.2, 0) is 0 Å². The van der Waals surface area contributed by atoms with Gasteiger partial charge >= 0.3 is 0 Å². The monoisotopic (exact) mass is 278 g/mol. The Morgan fingerprint density at radius 3 is 2.60 bits per heavy atom. The van der Waals surface area contributed by atoms with Crippen LogP contribution >= 0.6 is 0 Å². The molecule has 1 aliphatic carbocycles. The summed E-state index contributed by atoms with van der Waals surface area (Å²) in [5.41, 5.74) is -0.377. The lowest BCUT2D eigenvalue weighted by molar-refractivity contribution is -0.385. The third-order valence-corrected chi connectivity index (χ3v) is 3.77. The second-order valence-corrected chi connectivity index (χ2v) is 5.39. The van der Waals surface area contributed by atoms with Gasteiger partial charge in [0.05, 0.1) is 4.92 Å². The average Bonchev–Trinajstić information content (AvgIpc) is 2.41. The molecule has 6 nitrogen and oxygen atoms in total. The number of phenolic OH excluding ortho intramolecular Hbond substituents is 1. The van der Waals surface area contributed by atoms with Crippen LogP contribution in [0.3, 0.4) is 0 Å². The number of nitro benzene ring substituents is 1. The molecule has 1 amide bonds. The van der Waals surface area contributed by atoms with Gasteiger partial charge in [-0.2, -0.15) is 0 Å². The summed E-state index contributed by atoms with van der Waals surface area (Å²) in [7, 11) is 0. The van der Waals surface area contributed by atoms with E-state index in [0.29, 0.717) is 5.92 Å². The van der Waals surface area contributed by atoms with Crippen molar-refractivity contribution < 1.29 is 14.8 Å². The van der Waals surface area contributed by atoms with Gasteiger partial charge in [0, 0.05) is 12.1 Å². The van der Waals surface area contributed by atoms with Crippen LogP contribution in [0.1, 0.15) is 43.0 Å². The first-order valence-electron chi connectivity index (χ1n) is 6.75. The van der Waals surface area contributed by atoms with E-state index in [0.717, 1.165) is 37.8 Å². The summed E-state index contributed by atoms with van der Waals surface area (Å²) < 4.78 is 0. The Morgan fingerprint density at radius 2 is 2.00 bits per heavy atom. The van der Waals surface area contributed by atoms with E-state index in [1.807, 2.05) is 0 Å². The molecule has 0 heterocycles. The van der Waals surface area contributed by atoms with Gasteiger partial charge in [0.25, 0.3) is 11.6 Å². The largest absolute Gasteiger partial charge is 0.508 e. The van der Waals surface area contributed by atoms with Crippen LogP contribution in [-0.4, -0.2) is 22.0 Å². The maximum Gasteiger partial charge on any atom is 0.282 e. The number of benzene rings is 1. The fourth-order valence-electron chi connectivity index (χ4n) is 2.53. The molecule has 0 bridgehead atoms. The molecule has 1 fully saturated rings. The quantitative estimate of drug-likeness (QED) is 0.656. The SMILES string of the molecule is CC1CCC(NC(=O)c2cc(O)ccc2[N+](=O)[O-])CC1. The van der Waals surface area contributed by atoms with Gasteiger partial charge in [-0.25, -0.2) is 0 Å². The van der Waals surface area contributed by atoms with Crippen LogP contribution in [0.4, 0.5) is 5.69 Å². The zero-order valence-corrected chi connectivity index (χ0v) is 11.3. The van der Waals surface area contributed by atoms with Crippen molar-refractivity contribution in [2.24, 2.45) is 5.92 Å². The van der Waals surface area contributed by atoms with Gasteiger partial charge in [-0.15, -0.1) is 0 Å². The molecular weight excluding hydrogens is 260 g/mol. The molecule has 20 heavy (non-hydrogen) atoms. The topological polar surface area (TPSA) is 92.5 Å². The highest BCUT2D eigenvalue weighted by Crippen LogP contribution is 2.26. The number of hydrogen-bond donors (Lipinski definition) is 2. The van der Waals surface area contributed by atoms with Gasteiger partial charge in [0.1, 0.15) is 11.3 Å². The Balaban J connectivity index is 2.12. The fraction of sp³-hybridized carbons (Fsp3) is 0.500. The summed E-state index contributed by atoms with van der Waals surface area (Å²) >= 11 is 0. The highest BCUT2D eigenvalue weighted by Gasteiger charge is 2.25. The number of aromatic hydroxyl groups is 1. The summed E-state index contributed by atoms with van der Waals surface area (Å²) in [6, 6.07) is 3.55. The maximum absolute atomic E-state index is 12.1. The number of carbonyl (C=O) groups is 1. The number of amides is 1. The molecule has 0 atom stereocenters. The molecule has 1 saturated carbocycles. The van der Waals surface area contributed by atoms with Crippen LogP contribution in [0.25, 0.3) is 0 Å². The molecule has 0 spiro atoms. The van der Waals surface area contributed by atoms with Crippen molar-refractivity contribution in [1.29, 1.82) is 0 Å². The summed E-state index contributed by atoms with van der Waals surface area (Å²) in [5.74, 6) is 0.0171. The van der Waals surface area contributed by atoms with Crippen molar-refractivity contribution >= 4 is 11.6 Å². The molecule has 0 aliphatic heterocycles. The van der Waals surface area contributed by atoms with Crippen molar-refractivity contribution in [2.45, 2.75) is 38.6 Å². The molecule has 0 aromatic heterocycles. The Morgan fingerprint density at radius 1 is 1.35 bits per heavy atom. The lowest BCUT2D eigenvalue weighted by Gasteiger charge is -2.26. The van der Waals surface area contributed by atoms with E-state index in [4.69, 9.17) is 0 Å². The first-order valence-corrected chi connectivity index (χ1v) is 6.75. The third kappa shape index (κ3) is 3.26. The van der Waals surface area contributed by atoms with Crippen LogP contribution < -0.4 is 5.32 Å². The molecule has 1 aromatic carbocycles. The van der Waals surface area contributed by atoms with E-state index >= 15 is 0 Å². The van der Waals surface area contributed by atoms with Gasteiger partial charge in [-0.3, -0.25) is 14.9 Å². The van der Waals surface area contributed by atoms with Gasteiger partial charge in [-0.1, -0.05) is 6.92 Å². The van der Waals surface area contributed by atoms with Crippen LogP contribution in [0.2, 0.25) is 0 Å². The van der Waals surface area contributed by atoms with Crippen LogP contribution in [0.5, 0.6) is 5.75 Å². The van der Waals surface area contributed by atoms with E-state index < -0.39 is 10.8 Å². The number of nitrogens with zero attached hydrogens (tertiary/aromatic N) is 1. The minimum absolute atomic E-state index is 0.0562. The number of nitrogens with one attached hydrogen (secondary N) is 1. The molecule has 0 saturated heterocycles. The highest BCUT2D eigenvalue weighted by atomic mass is 16.6. The number of carbonyl (C=O) groups excluding carboxylic acids is 1. The number of hydrogen-bond acceptors (Lipinski definition) is 4. The molecular formula is C14H18N2O4. The van der Waals surface area contributed by atoms with Crippen molar-refractivity contribution in [2.75, 3.05) is 0 Å². The number of nitro groups is 1. The van der Waals surface area contributed by atoms with Gasteiger partial charge in [0.2, 0.25) is 0 Å². The zero-order valence-electron chi connectivity index (χ0n) is 11.3. The van der Waals surface area contributed by atoms with Crippen molar-refractivity contribution in [3.63, 3.8) is 0 Å². The molecule has 108 valence electrons. The molecule has 6 heteroatoms. The van der Waals surface area contributed by atoms with Gasteiger partial charge < -0.3 is 10.4 Å². The number of rotatable bonds is 3. The first-order chi connectivity index (χ1) is 9.47. The second-order valence-electron chi connectivity index (χ2n) is 5.39. The molecule has 1 aromatic rings. The number of phenols is 1. The summed E-state index contributed by atoms with van der Waals surface area (Å²) in [6.07, 6.45) is 3.87. The Hall–Kier alpha value is -2.11. The summed E-state index contributed by atoms with van der Waals surface area (Å²) in [5, 5.41) is 23.1. The Labute approximate surface area is 117 Å². The third-order valence-electron chi connectivity index (χ3n) is 3.77. The predicted molar refractivity (Wildman–Crippen MR) is 73.6 cm³/mol. The fourth-order valence-corrected chi connectivity index (χ4v) is 2.53. The van der Waals surface area contributed by atoms with E-state index in [1.54, 1.807) is 0 Å². The normalized spacial score (nSPS) is 22.2. The lowest BCUT2D eigenvalue weighted by Crippen LogP contribution is -2.37. The molecule has 0 unspecified atom stereocenters. The molecule has 1 aliphatic rings. The van der Waals surface area contributed by atoms with Gasteiger partial charge in [0.15, 0.2) is 0 Å². The molecule has 2 rings (SSSR count). The summed E-state index contributed by atoms with van der Waals surface area (Å²) in [6.45, 7) is 2.18. The standard InChI is InChI=1S/C14H18N2O4/c1-9-2-4-10(5-3-9)15-14(18)12-8-11(17)6-7-13(12)16(19)20/h6-10,17H,2-5H2,1H3,(H,15,18). The highest BCUT2D eigenvalue weighted by molar-refractivity contribution is 5.98. The van der Waals surface area contributed by atoms with Crippen molar-refractivity contribution in [3.8, 4) is 5.75 Å². The average molecular weight is 278 g/mol. The Kier molecular flexibility index (Phi) is 4.22. The van der Waals surface area contributed by atoms with Crippen LogP contribution in [0.15, 0.2) is 18.2 Å². The van der Waals surface area contributed by atoms with Crippen LogP contribution in [0, 0.1) is 16.0 Å². The van der Waals surface area contributed by atoms with E-state index in [2.05, 4.69) is 12.2 Å². The first kappa shape index (κ1) is 14.3. The minimum Gasteiger partial charge on any atom is -0.508 e. The van der Waals surface area contributed by atoms with E-state index in [-0.39, 0.29) is 23.0 Å². The minimum atomic E-state index is -0.614. The molecule has 0 radical (unpaired) electrons. The van der Waals surface area contributed by atoms with E-state index in [1.165, 1.54) is 6.07 Å². The lowest BCUT2D eigenvalue weighted by atomic mass is 9.87. The Bertz CT molecular complexity index is 522. The predicted octanol–water partition coefficient (Wildman–Crippen LogP) is 2.61. The van der Waals surface area contributed by atoms with Crippen molar-refractivity contribution in [1.82, 2.24) is 5.32 Å². The molecule has 2 N–H and O–H groups in total. The van der Waals surface area contributed by atoms with Crippen molar-refractivity contribution in [3.05, 3.63) is 33.9 Å². The van der Waals surface area contributed by atoms with Gasteiger partial charge in [-0.05, 0) is 43.7 Å².